The standard InChI is InChI=1S/C19H23N5/c1-14-11-16-18(21-13-22-19(16)23-14)20-12-17(24-9-5-6-10-24)15-7-3-2-4-8-15/h2-4,7-8,11,13,17H,5-6,9-10,12H2,1H3,(H2,20,21,22,23). The maximum Gasteiger partial charge on any atom is 0.143 e. The zero-order chi connectivity index (χ0) is 16.4. The minimum atomic E-state index is 0.374. The summed E-state index contributed by atoms with van der Waals surface area (Å²) in [6, 6.07) is 13.2. The third kappa shape index (κ3) is 2.99. The number of nitrogens with zero attached hydrogens (tertiary/aromatic N) is 3. The number of hydrogen-bond acceptors (Lipinski definition) is 4. The number of aromatic nitrogens is 3. The van der Waals surface area contributed by atoms with Gasteiger partial charge in [-0.3, -0.25) is 4.90 Å². The number of likely N-dealkylation sites (tertiary alicyclic amines) is 1. The molecule has 3 aromatic rings. The molecule has 4 rings (SSSR count). The third-order valence-corrected chi connectivity index (χ3v) is 4.79. The van der Waals surface area contributed by atoms with Crippen LogP contribution in [-0.2, 0) is 0 Å². The Hall–Kier alpha value is -2.40. The van der Waals surface area contributed by atoms with Gasteiger partial charge in [-0.15, -0.1) is 0 Å². The lowest BCUT2D eigenvalue weighted by atomic mass is 10.1. The van der Waals surface area contributed by atoms with Crippen molar-refractivity contribution >= 4 is 16.9 Å². The first-order valence-corrected chi connectivity index (χ1v) is 8.64. The van der Waals surface area contributed by atoms with Crippen LogP contribution in [0.2, 0.25) is 0 Å². The second-order valence-corrected chi connectivity index (χ2v) is 6.49. The van der Waals surface area contributed by atoms with Crippen LogP contribution in [0.3, 0.4) is 0 Å². The SMILES string of the molecule is Cc1cc2c(NCC(c3ccccc3)N3CCCC3)ncnc2[nH]1. The molecule has 0 bridgehead atoms. The lowest BCUT2D eigenvalue weighted by molar-refractivity contribution is 0.256. The summed E-state index contributed by atoms with van der Waals surface area (Å²) >= 11 is 0. The molecular formula is C19H23N5. The van der Waals surface area contributed by atoms with Crippen LogP contribution in [-0.4, -0.2) is 39.5 Å². The number of benzene rings is 1. The van der Waals surface area contributed by atoms with Crippen molar-refractivity contribution in [3.63, 3.8) is 0 Å². The maximum absolute atomic E-state index is 4.45. The van der Waals surface area contributed by atoms with E-state index in [0.29, 0.717) is 6.04 Å². The second-order valence-electron chi connectivity index (χ2n) is 6.49. The Morgan fingerprint density at radius 3 is 2.75 bits per heavy atom. The molecule has 1 aromatic carbocycles. The minimum Gasteiger partial charge on any atom is -0.367 e. The Kier molecular flexibility index (Phi) is 4.17. The molecule has 0 amide bonds. The molecule has 2 aromatic heterocycles. The van der Waals surface area contributed by atoms with Crippen LogP contribution in [0.5, 0.6) is 0 Å². The first-order chi connectivity index (χ1) is 11.8. The molecule has 1 atom stereocenters. The van der Waals surface area contributed by atoms with Gasteiger partial charge in [0.15, 0.2) is 0 Å². The normalized spacial score (nSPS) is 16.5. The van der Waals surface area contributed by atoms with Crippen molar-refractivity contribution in [1.29, 1.82) is 0 Å². The highest BCUT2D eigenvalue weighted by Gasteiger charge is 2.23. The van der Waals surface area contributed by atoms with Crippen molar-refractivity contribution in [2.75, 3.05) is 25.0 Å². The van der Waals surface area contributed by atoms with Crippen molar-refractivity contribution in [1.82, 2.24) is 19.9 Å². The smallest absolute Gasteiger partial charge is 0.143 e. The average Bonchev–Trinajstić information content (AvgIpc) is 3.25. The van der Waals surface area contributed by atoms with E-state index in [4.69, 9.17) is 0 Å². The van der Waals surface area contributed by atoms with E-state index in [1.54, 1.807) is 6.33 Å². The Bertz CT molecular complexity index is 805. The van der Waals surface area contributed by atoms with Gasteiger partial charge in [-0.2, -0.15) is 0 Å². The van der Waals surface area contributed by atoms with E-state index in [0.717, 1.165) is 29.1 Å². The molecule has 0 aliphatic carbocycles. The fourth-order valence-electron chi connectivity index (χ4n) is 3.59. The Morgan fingerprint density at radius 1 is 1.17 bits per heavy atom. The van der Waals surface area contributed by atoms with E-state index in [2.05, 4.69) is 61.6 Å². The van der Waals surface area contributed by atoms with E-state index in [1.807, 2.05) is 6.92 Å². The van der Waals surface area contributed by atoms with Crippen molar-refractivity contribution in [2.45, 2.75) is 25.8 Å². The van der Waals surface area contributed by atoms with Crippen LogP contribution >= 0.6 is 0 Å². The van der Waals surface area contributed by atoms with Crippen LogP contribution in [0.25, 0.3) is 11.0 Å². The Morgan fingerprint density at radius 2 is 1.96 bits per heavy atom. The lowest BCUT2D eigenvalue weighted by Crippen LogP contribution is -2.31. The first kappa shape index (κ1) is 15.1. The summed E-state index contributed by atoms with van der Waals surface area (Å²) in [6.45, 7) is 5.23. The second kappa shape index (κ2) is 6.61. The number of anilines is 1. The van der Waals surface area contributed by atoms with Gasteiger partial charge in [0.1, 0.15) is 17.8 Å². The van der Waals surface area contributed by atoms with Gasteiger partial charge >= 0.3 is 0 Å². The number of fused-ring (bicyclic) bond motifs is 1. The minimum absolute atomic E-state index is 0.374. The predicted octanol–water partition coefficient (Wildman–Crippen LogP) is 3.52. The van der Waals surface area contributed by atoms with Gasteiger partial charge < -0.3 is 10.3 Å². The molecule has 2 N–H and O–H groups in total. The summed E-state index contributed by atoms with van der Waals surface area (Å²) in [5.41, 5.74) is 3.36. The van der Waals surface area contributed by atoms with E-state index >= 15 is 0 Å². The largest absolute Gasteiger partial charge is 0.367 e. The summed E-state index contributed by atoms with van der Waals surface area (Å²) in [4.78, 5) is 14.6. The van der Waals surface area contributed by atoms with Gasteiger partial charge in [-0.25, -0.2) is 9.97 Å². The predicted molar refractivity (Wildman–Crippen MR) is 97.1 cm³/mol. The zero-order valence-electron chi connectivity index (χ0n) is 14.0. The van der Waals surface area contributed by atoms with Crippen LogP contribution < -0.4 is 5.32 Å². The summed E-state index contributed by atoms with van der Waals surface area (Å²) in [6.07, 6.45) is 4.20. The van der Waals surface area contributed by atoms with E-state index in [9.17, 15) is 0 Å². The quantitative estimate of drug-likeness (QED) is 0.755. The molecule has 5 nitrogen and oxygen atoms in total. The highest BCUT2D eigenvalue weighted by molar-refractivity contribution is 5.87. The molecule has 0 radical (unpaired) electrons. The van der Waals surface area contributed by atoms with Crippen LogP contribution in [0.1, 0.15) is 30.1 Å². The van der Waals surface area contributed by atoms with Crippen molar-refractivity contribution in [3.8, 4) is 0 Å². The maximum atomic E-state index is 4.45. The number of rotatable bonds is 5. The van der Waals surface area contributed by atoms with Crippen molar-refractivity contribution in [3.05, 3.63) is 54.0 Å². The van der Waals surface area contributed by atoms with E-state index in [1.165, 1.54) is 31.5 Å². The highest BCUT2D eigenvalue weighted by Crippen LogP contribution is 2.27. The monoisotopic (exact) mass is 321 g/mol. The van der Waals surface area contributed by atoms with Gasteiger partial charge in [0, 0.05) is 12.2 Å². The van der Waals surface area contributed by atoms with E-state index in [-0.39, 0.29) is 0 Å². The summed E-state index contributed by atoms with van der Waals surface area (Å²) < 4.78 is 0. The average molecular weight is 321 g/mol. The lowest BCUT2D eigenvalue weighted by Gasteiger charge is -2.28. The number of aromatic amines is 1. The van der Waals surface area contributed by atoms with Crippen molar-refractivity contribution in [2.24, 2.45) is 0 Å². The molecule has 1 fully saturated rings. The van der Waals surface area contributed by atoms with Crippen LogP contribution in [0.4, 0.5) is 5.82 Å². The molecule has 0 saturated carbocycles. The first-order valence-electron chi connectivity index (χ1n) is 8.64. The molecule has 3 heterocycles. The number of aryl methyl sites for hydroxylation is 1. The number of H-pyrrole nitrogens is 1. The Labute approximate surface area is 142 Å². The zero-order valence-corrected chi connectivity index (χ0v) is 14.0. The summed E-state index contributed by atoms with van der Waals surface area (Å²) in [5.74, 6) is 0.907. The number of nitrogens with one attached hydrogen (secondary N) is 2. The fraction of sp³-hybridized carbons (Fsp3) is 0.368. The van der Waals surface area contributed by atoms with Gasteiger partial charge in [-0.1, -0.05) is 30.3 Å². The molecule has 0 spiro atoms. The molecule has 1 aliphatic rings. The molecule has 1 aliphatic heterocycles. The molecule has 24 heavy (non-hydrogen) atoms. The van der Waals surface area contributed by atoms with Crippen LogP contribution in [0.15, 0.2) is 42.7 Å². The number of hydrogen-bond donors (Lipinski definition) is 2. The molecule has 1 unspecified atom stereocenters. The highest BCUT2D eigenvalue weighted by atomic mass is 15.2. The summed E-state index contributed by atoms with van der Waals surface area (Å²) in [5, 5.41) is 4.62. The van der Waals surface area contributed by atoms with Gasteiger partial charge in [0.05, 0.1) is 11.4 Å². The van der Waals surface area contributed by atoms with Gasteiger partial charge in [-0.05, 0) is 44.5 Å². The molecule has 124 valence electrons. The van der Waals surface area contributed by atoms with Gasteiger partial charge in [0.25, 0.3) is 0 Å². The van der Waals surface area contributed by atoms with Crippen molar-refractivity contribution < 1.29 is 0 Å². The molecular weight excluding hydrogens is 298 g/mol. The molecule has 1 saturated heterocycles. The topological polar surface area (TPSA) is 56.8 Å². The van der Waals surface area contributed by atoms with Gasteiger partial charge in [0.2, 0.25) is 0 Å². The summed E-state index contributed by atoms with van der Waals surface area (Å²) in [7, 11) is 0. The fourth-order valence-corrected chi connectivity index (χ4v) is 3.59. The Balaban J connectivity index is 1.58. The van der Waals surface area contributed by atoms with E-state index < -0.39 is 0 Å². The van der Waals surface area contributed by atoms with Crippen LogP contribution in [0, 0.1) is 6.92 Å². The third-order valence-electron chi connectivity index (χ3n) is 4.79. The molecule has 5 heteroatoms.